The van der Waals surface area contributed by atoms with Crippen LogP contribution in [-0.2, 0) is 14.6 Å². The lowest BCUT2D eigenvalue weighted by Gasteiger charge is -2.37. The van der Waals surface area contributed by atoms with Crippen molar-refractivity contribution in [1.82, 2.24) is 0 Å². The first-order valence-electron chi connectivity index (χ1n) is 4.15. The number of hydrogen-bond acceptors (Lipinski definition) is 3. The van der Waals surface area contributed by atoms with E-state index in [1.54, 1.807) is 20.8 Å². The van der Waals surface area contributed by atoms with E-state index in [2.05, 4.69) is 0 Å². The largest absolute Gasteiger partial charge is 0.298 e. The maximum Gasteiger partial charge on any atom is 0.160 e. The standard InChI is InChI=1S/C9H18O3S/c1-7(10)9(5,8(2,3)4)13(6,11)12/h1-6H3. The van der Waals surface area contributed by atoms with Crippen LogP contribution in [0.1, 0.15) is 34.6 Å². The average molecular weight is 206 g/mol. The molecule has 0 bridgehead atoms. The number of rotatable bonds is 2. The van der Waals surface area contributed by atoms with Crippen molar-refractivity contribution in [3.8, 4) is 0 Å². The fraction of sp³-hybridized carbons (Fsp3) is 0.889. The number of carbonyl (C=O) groups excluding carboxylic acids is 1. The third kappa shape index (κ3) is 1.93. The van der Waals surface area contributed by atoms with Gasteiger partial charge in [-0.25, -0.2) is 8.42 Å². The molecule has 0 saturated heterocycles. The smallest absolute Gasteiger partial charge is 0.160 e. The highest BCUT2D eigenvalue weighted by Gasteiger charge is 2.50. The molecule has 4 heteroatoms. The molecular formula is C9H18O3S. The Bertz CT molecular complexity index is 308. The topological polar surface area (TPSA) is 51.2 Å². The van der Waals surface area contributed by atoms with E-state index in [1.807, 2.05) is 0 Å². The van der Waals surface area contributed by atoms with Gasteiger partial charge in [-0.2, -0.15) is 0 Å². The molecule has 0 aromatic rings. The van der Waals surface area contributed by atoms with Crippen LogP contribution in [0.5, 0.6) is 0 Å². The molecule has 0 heterocycles. The summed E-state index contributed by atoms with van der Waals surface area (Å²) in [7, 11) is -3.37. The Morgan fingerprint density at radius 1 is 1.08 bits per heavy atom. The monoisotopic (exact) mass is 206 g/mol. The quantitative estimate of drug-likeness (QED) is 0.686. The Balaban J connectivity index is 5.64. The van der Waals surface area contributed by atoms with Gasteiger partial charge in [0.1, 0.15) is 4.75 Å². The summed E-state index contributed by atoms with van der Waals surface area (Å²) in [5.41, 5.74) is -0.577. The van der Waals surface area contributed by atoms with Gasteiger partial charge in [-0.15, -0.1) is 0 Å². The summed E-state index contributed by atoms with van der Waals surface area (Å²) in [4.78, 5) is 11.4. The first-order valence-corrected chi connectivity index (χ1v) is 6.04. The van der Waals surface area contributed by atoms with Crippen LogP contribution < -0.4 is 0 Å². The Kier molecular flexibility index (Phi) is 2.99. The van der Waals surface area contributed by atoms with Crippen LogP contribution >= 0.6 is 0 Å². The second-order valence-corrected chi connectivity index (χ2v) is 6.97. The third-order valence-electron chi connectivity index (χ3n) is 2.84. The molecular weight excluding hydrogens is 188 g/mol. The van der Waals surface area contributed by atoms with Gasteiger partial charge >= 0.3 is 0 Å². The number of sulfone groups is 1. The van der Waals surface area contributed by atoms with Crippen molar-refractivity contribution in [3.63, 3.8) is 0 Å². The Morgan fingerprint density at radius 3 is 1.38 bits per heavy atom. The first kappa shape index (κ1) is 12.6. The van der Waals surface area contributed by atoms with Gasteiger partial charge in [0, 0.05) is 6.26 Å². The van der Waals surface area contributed by atoms with Gasteiger partial charge in [-0.1, -0.05) is 20.8 Å². The Hall–Kier alpha value is -0.380. The lowest BCUT2D eigenvalue weighted by molar-refractivity contribution is -0.121. The molecule has 0 amide bonds. The molecule has 13 heavy (non-hydrogen) atoms. The van der Waals surface area contributed by atoms with E-state index in [9.17, 15) is 13.2 Å². The molecule has 0 radical (unpaired) electrons. The highest BCUT2D eigenvalue weighted by molar-refractivity contribution is 7.92. The molecule has 0 aliphatic rings. The van der Waals surface area contributed by atoms with E-state index in [1.165, 1.54) is 13.8 Å². The second kappa shape index (κ2) is 3.08. The second-order valence-electron chi connectivity index (χ2n) is 4.61. The first-order chi connectivity index (χ1) is 5.44. The van der Waals surface area contributed by atoms with Crippen molar-refractivity contribution in [2.75, 3.05) is 6.26 Å². The molecule has 0 rings (SSSR count). The molecule has 0 fully saturated rings. The van der Waals surface area contributed by atoms with Crippen LogP contribution in [0.4, 0.5) is 0 Å². The van der Waals surface area contributed by atoms with Crippen molar-refractivity contribution in [1.29, 1.82) is 0 Å². The highest BCUT2D eigenvalue weighted by atomic mass is 32.2. The normalized spacial score (nSPS) is 18.0. The van der Waals surface area contributed by atoms with Crippen molar-refractivity contribution in [3.05, 3.63) is 0 Å². The molecule has 0 saturated carbocycles. The predicted molar refractivity (Wildman–Crippen MR) is 53.4 cm³/mol. The minimum atomic E-state index is -3.37. The summed E-state index contributed by atoms with van der Waals surface area (Å²) >= 11 is 0. The Labute approximate surface area is 80.4 Å². The average Bonchev–Trinajstić information content (AvgIpc) is 1.80. The number of ketones is 1. The molecule has 0 N–H and O–H groups in total. The van der Waals surface area contributed by atoms with Crippen LogP contribution in [0.15, 0.2) is 0 Å². The molecule has 1 atom stereocenters. The lowest BCUT2D eigenvalue weighted by atomic mass is 9.79. The van der Waals surface area contributed by atoms with Gasteiger partial charge in [0.25, 0.3) is 0 Å². The molecule has 1 unspecified atom stereocenters. The number of carbonyl (C=O) groups is 1. The number of Topliss-reactive ketones (excluding diaryl/α,β-unsaturated/α-hetero) is 1. The van der Waals surface area contributed by atoms with E-state index in [0.717, 1.165) is 6.26 Å². The van der Waals surface area contributed by atoms with Crippen molar-refractivity contribution >= 4 is 15.6 Å². The Morgan fingerprint density at radius 2 is 1.38 bits per heavy atom. The van der Waals surface area contributed by atoms with E-state index in [4.69, 9.17) is 0 Å². The van der Waals surface area contributed by atoms with Crippen LogP contribution in [0.25, 0.3) is 0 Å². The summed E-state index contributed by atoms with van der Waals surface area (Å²) in [5, 5.41) is 0. The summed E-state index contributed by atoms with van der Waals surface area (Å²) in [6, 6.07) is 0. The van der Waals surface area contributed by atoms with Gasteiger partial charge in [0.05, 0.1) is 0 Å². The predicted octanol–water partition coefficient (Wildman–Crippen LogP) is 1.42. The third-order valence-corrected chi connectivity index (χ3v) is 5.23. The molecule has 0 aromatic carbocycles. The fourth-order valence-electron chi connectivity index (χ4n) is 1.35. The van der Waals surface area contributed by atoms with Crippen LogP contribution in [0.3, 0.4) is 0 Å². The highest BCUT2D eigenvalue weighted by Crippen LogP contribution is 2.37. The minimum absolute atomic E-state index is 0.303. The zero-order chi connectivity index (χ0) is 11.1. The van der Waals surface area contributed by atoms with Crippen LogP contribution in [-0.4, -0.2) is 25.2 Å². The lowest BCUT2D eigenvalue weighted by Crippen LogP contribution is -2.52. The zero-order valence-electron chi connectivity index (χ0n) is 9.13. The van der Waals surface area contributed by atoms with E-state index in [-0.39, 0.29) is 5.78 Å². The molecule has 0 spiro atoms. The molecule has 78 valence electrons. The van der Waals surface area contributed by atoms with Crippen LogP contribution in [0, 0.1) is 5.41 Å². The van der Waals surface area contributed by atoms with Crippen LogP contribution in [0.2, 0.25) is 0 Å². The zero-order valence-corrected chi connectivity index (χ0v) is 9.95. The maximum absolute atomic E-state index is 11.5. The van der Waals surface area contributed by atoms with E-state index >= 15 is 0 Å². The maximum atomic E-state index is 11.5. The van der Waals surface area contributed by atoms with Gasteiger partial charge in [0.2, 0.25) is 0 Å². The van der Waals surface area contributed by atoms with Crippen molar-refractivity contribution in [2.45, 2.75) is 39.4 Å². The van der Waals surface area contributed by atoms with Crippen molar-refractivity contribution < 1.29 is 13.2 Å². The minimum Gasteiger partial charge on any atom is -0.298 e. The van der Waals surface area contributed by atoms with Gasteiger partial charge in [-0.05, 0) is 19.3 Å². The van der Waals surface area contributed by atoms with Gasteiger partial charge in [0.15, 0.2) is 15.6 Å². The van der Waals surface area contributed by atoms with Gasteiger partial charge < -0.3 is 0 Å². The summed E-state index contributed by atoms with van der Waals surface area (Å²) < 4.78 is 21.7. The summed E-state index contributed by atoms with van der Waals surface area (Å²) in [5.74, 6) is -0.303. The molecule has 0 aromatic heterocycles. The van der Waals surface area contributed by atoms with E-state index in [0.29, 0.717) is 0 Å². The molecule has 0 aliphatic heterocycles. The molecule has 0 aliphatic carbocycles. The van der Waals surface area contributed by atoms with Crippen molar-refractivity contribution in [2.24, 2.45) is 5.41 Å². The summed E-state index contributed by atoms with van der Waals surface area (Å²) in [6.45, 7) is 8.09. The van der Waals surface area contributed by atoms with Gasteiger partial charge in [-0.3, -0.25) is 4.79 Å². The fourth-order valence-corrected chi connectivity index (χ4v) is 2.98. The summed E-state index contributed by atoms with van der Waals surface area (Å²) in [6.07, 6.45) is 1.11. The number of hydrogen-bond donors (Lipinski definition) is 0. The van der Waals surface area contributed by atoms with E-state index < -0.39 is 20.0 Å². The SMILES string of the molecule is CC(=O)C(C)(C(C)(C)C)S(C)(=O)=O. The molecule has 3 nitrogen and oxygen atoms in total.